The lowest BCUT2D eigenvalue weighted by Gasteiger charge is -2.17. The minimum Gasteiger partial charge on any atom is -0.362 e. The number of hydrogen-bond acceptors (Lipinski definition) is 1. The summed E-state index contributed by atoms with van der Waals surface area (Å²) in [5, 5.41) is 5.49. The van der Waals surface area contributed by atoms with Crippen LogP contribution in [0.15, 0.2) is 79.7 Å². The second-order valence-corrected chi connectivity index (χ2v) is 8.34. The van der Waals surface area contributed by atoms with Crippen molar-refractivity contribution in [1.29, 1.82) is 0 Å². The largest absolute Gasteiger partial charge is 0.362 e. The van der Waals surface area contributed by atoms with Crippen molar-refractivity contribution < 1.29 is 0 Å². The molecule has 1 aliphatic heterocycles. The molecular formula is C26H25N2P. The van der Waals surface area contributed by atoms with Crippen molar-refractivity contribution in [3.8, 4) is 0 Å². The van der Waals surface area contributed by atoms with E-state index < -0.39 is 0 Å². The zero-order valence-corrected chi connectivity index (χ0v) is 17.9. The third-order valence-electron chi connectivity index (χ3n) is 5.36. The molecule has 0 unspecified atom stereocenters. The summed E-state index contributed by atoms with van der Waals surface area (Å²) in [6.45, 7) is 13.6. The molecule has 0 radical (unpaired) electrons. The molecule has 0 spiro atoms. The summed E-state index contributed by atoms with van der Waals surface area (Å²) >= 11 is 0. The quantitative estimate of drug-likeness (QED) is 0.477. The van der Waals surface area contributed by atoms with Gasteiger partial charge in [0.25, 0.3) is 0 Å². The highest BCUT2D eigenvalue weighted by Gasteiger charge is 2.23. The van der Waals surface area contributed by atoms with Crippen LogP contribution in [-0.2, 0) is 6.54 Å². The van der Waals surface area contributed by atoms with Crippen LogP contribution in [-0.4, -0.2) is 10.9 Å². The van der Waals surface area contributed by atoms with Gasteiger partial charge >= 0.3 is 0 Å². The number of dihydropyridines is 1. The molecule has 0 fully saturated rings. The fourth-order valence-corrected chi connectivity index (χ4v) is 4.24. The van der Waals surface area contributed by atoms with E-state index in [1.807, 2.05) is 12.3 Å². The Bertz CT molecular complexity index is 1200. The molecule has 0 saturated heterocycles. The lowest BCUT2D eigenvalue weighted by molar-refractivity contribution is 0.825. The van der Waals surface area contributed by atoms with Crippen molar-refractivity contribution >= 4 is 36.3 Å². The predicted molar refractivity (Wildman–Crippen MR) is 129 cm³/mol. The SMILES string of the molecule is C=PC(=C)c1c(C2=CC=CNC2=C)c2cc(C)ccc2n1Cc1ccc(C)cc1. The van der Waals surface area contributed by atoms with Crippen molar-refractivity contribution in [2.24, 2.45) is 0 Å². The molecule has 0 saturated carbocycles. The first-order chi connectivity index (χ1) is 14.0. The van der Waals surface area contributed by atoms with Gasteiger partial charge in [0.15, 0.2) is 0 Å². The monoisotopic (exact) mass is 396 g/mol. The molecule has 0 amide bonds. The lowest BCUT2D eigenvalue weighted by Crippen LogP contribution is -2.10. The highest BCUT2D eigenvalue weighted by atomic mass is 31.1. The molecule has 2 nitrogen and oxygen atoms in total. The van der Waals surface area contributed by atoms with Gasteiger partial charge in [-0.25, -0.2) is 0 Å². The van der Waals surface area contributed by atoms with Crippen LogP contribution in [0.1, 0.15) is 27.9 Å². The number of fused-ring (bicyclic) bond motifs is 1. The Hall–Kier alpha value is -3.09. The Morgan fingerprint density at radius 3 is 2.48 bits per heavy atom. The van der Waals surface area contributed by atoms with Crippen LogP contribution in [0.5, 0.6) is 0 Å². The normalized spacial score (nSPS) is 13.6. The molecule has 0 aliphatic carbocycles. The Labute approximate surface area is 174 Å². The lowest BCUT2D eigenvalue weighted by atomic mass is 9.97. The minimum atomic E-state index is 0.784. The predicted octanol–water partition coefficient (Wildman–Crippen LogP) is 6.67. The molecule has 29 heavy (non-hydrogen) atoms. The van der Waals surface area contributed by atoms with Crippen LogP contribution in [0.25, 0.3) is 21.8 Å². The van der Waals surface area contributed by atoms with Crippen molar-refractivity contribution in [2.75, 3.05) is 0 Å². The highest BCUT2D eigenvalue weighted by molar-refractivity contribution is 7.48. The summed E-state index contributed by atoms with van der Waals surface area (Å²) in [6.07, 6.45) is 10.2. The average Bonchev–Trinajstić information content (AvgIpc) is 3.02. The molecule has 2 heterocycles. The van der Waals surface area contributed by atoms with E-state index in [1.54, 1.807) is 0 Å². The van der Waals surface area contributed by atoms with Crippen molar-refractivity contribution in [3.05, 3.63) is 108 Å². The van der Waals surface area contributed by atoms with E-state index in [0.29, 0.717) is 0 Å². The summed E-state index contributed by atoms with van der Waals surface area (Å²) < 4.78 is 2.38. The zero-order chi connectivity index (χ0) is 20.5. The van der Waals surface area contributed by atoms with Gasteiger partial charge in [0, 0.05) is 45.8 Å². The first-order valence-electron chi connectivity index (χ1n) is 9.67. The van der Waals surface area contributed by atoms with Crippen molar-refractivity contribution in [3.63, 3.8) is 0 Å². The van der Waals surface area contributed by atoms with Crippen LogP contribution >= 0.6 is 8.20 Å². The van der Waals surface area contributed by atoms with E-state index in [4.69, 9.17) is 0 Å². The van der Waals surface area contributed by atoms with Gasteiger partial charge in [-0.2, -0.15) is 0 Å². The smallest absolute Gasteiger partial charge is 0.0615 e. The Balaban J connectivity index is 2.04. The van der Waals surface area contributed by atoms with E-state index in [2.05, 4.69) is 91.7 Å². The third-order valence-corrected chi connectivity index (χ3v) is 5.95. The molecule has 1 N–H and O–H groups in total. The molecule has 2 aromatic carbocycles. The van der Waals surface area contributed by atoms with E-state index in [0.717, 1.165) is 37.0 Å². The maximum atomic E-state index is 4.37. The zero-order valence-electron chi connectivity index (χ0n) is 17.0. The highest BCUT2D eigenvalue weighted by Crippen LogP contribution is 2.41. The van der Waals surface area contributed by atoms with E-state index in [-0.39, 0.29) is 0 Å². The van der Waals surface area contributed by atoms with E-state index >= 15 is 0 Å². The standard InChI is InChI=1S/C26H25N2P/c1-17-8-11-21(12-9-17)16-28-24-13-10-18(2)15-23(24)25(26(28)20(4)29-5)22-7-6-14-27-19(22)3/h6-15,27H,3-5,16H2,1-2H3. The van der Waals surface area contributed by atoms with E-state index in [9.17, 15) is 0 Å². The van der Waals surface area contributed by atoms with Gasteiger partial charge in [-0.05, 0) is 37.6 Å². The number of hydrogen-bond donors (Lipinski definition) is 1. The number of rotatable bonds is 5. The second-order valence-electron chi connectivity index (χ2n) is 7.48. The number of benzene rings is 2. The van der Waals surface area contributed by atoms with Crippen LogP contribution in [0, 0.1) is 13.8 Å². The fourth-order valence-electron chi connectivity index (χ4n) is 3.86. The van der Waals surface area contributed by atoms with Gasteiger partial charge in [0.05, 0.1) is 5.69 Å². The number of nitrogens with one attached hydrogen (secondary N) is 1. The average molecular weight is 396 g/mol. The van der Waals surface area contributed by atoms with Crippen LogP contribution in [0.4, 0.5) is 0 Å². The molecule has 1 aliphatic rings. The number of nitrogens with zero attached hydrogens (tertiary/aromatic N) is 1. The molecular weight excluding hydrogens is 371 g/mol. The second kappa shape index (κ2) is 7.73. The summed E-state index contributed by atoms with van der Waals surface area (Å²) in [4.78, 5) is 0. The molecule has 0 bridgehead atoms. The van der Waals surface area contributed by atoms with Gasteiger partial charge in [-0.1, -0.05) is 75.2 Å². The first-order valence-corrected chi connectivity index (χ1v) is 10.7. The fraction of sp³-hybridized carbons (Fsp3) is 0.115. The maximum absolute atomic E-state index is 4.37. The van der Waals surface area contributed by atoms with Gasteiger partial charge in [-0.15, -0.1) is 0 Å². The summed E-state index contributed by atoms with van der Waals surface area (Å²) in [6, 6.07) is 15.4. The Kier molecular flexibility index (Phi) is 5.13. The molecule has 0 atom stereocenters. The van der Waals surface area contributed by atoms with Gasteiger partial charge < -0.3 is 9.88 Å². The van der Waals surface area contributed by atoms with Crippen LogP contribution in [0.3, 0.4) is 0 Å². The molecule has 3 heteroatoms. The Morgan fingerprint density at radius 1 is 1.07 bits per heavy atom. The van der Waals surface area contributed by atoms with Crippen LogP contribution < -0.4 is 5.32 Å². The minimum absolute atomic E-state index is 0.784. The summed E-state index contributed by atoms with van der Waals surface area (Å²) in [7, 11) is 0.916. The van der Waals surface area contributed by atoms with E-state index in [1.165, 1.54) is 33.2 Å². The van der Waals surface area contributed by atoms with Crippen molar-refractivity contribution in [1.82, 2.24) is 9.88 Å². The molecule has 1 aromatic heterocycles. The summed E-state index contributed by atoms with van der Waals surface area (Å²) in [5.74, 6) is 0. The first kappa shape index (κ1) is 19.2. The van der Waals surface area contributed by atoms with Gasteiger partial charge in [-0.3, -0.25) is 0 Å². The van der Waals surface area contributed by atoms with Crippen LogP contribution in [0.2, 0.25) is 0 Å². The van der Waals surface area contributed by atoms with Crippen molar-refractivity contribution in [2.45, 2.75) is 20.4 Å². The topological polar surface area (TPSA) is 17.0 Å². The maximum Gasteiger partial charge on any atom is 0.0615 e. The number of allylic oxidation sites excluding steroid dienone is 3. The number of aromatic nitrogens is 1. The molecule has 144 valence electrons. The Morgan fingerprint density at radius 2 is 1.79 bits per heavy atom. The molecule has 4 rings (SSSR count). The summed E-state index contributed by atoms with van der Waals surface area (Å²) in [5.41, 5.74) is 9.29. The third kappa shape index (κ3) is 3.52. The van der Waals surface area contributed by atoms with Gasteiger partial charge in [0.1, 0.15) is 0 Å². The molecule has 3 aromatic rings. The van der Waals surface area contributed by atoms with Gasteiger partial charge in [0.2, 0.25) is 0 Å². The number of aryl methyl sites for hydroxylation is 2.